The molecule has 0 aliphatic carbocycles. The van der Waals surface area contributed by atoms with Crippen LogP contribution >= 0.6 is 0 Å². The van der Waals surface area contributed by atoms with Gasteiger partial charge < -0.3 is 11.5 Å². The Bertz CT molecular complexity index is 186. The number of nitrogens with two attached hydrogens (primary N) is 2. The molecule has 3 heteroatoms. The van der Waals surface area contributed by atoms with Gasteiger partial charge in [-0.1, -0.05) is 20.8 Å². The second-order valence-corrected chi connectivity index (χ2v) is 5.51. The molecule has 0 spiro atoms. The lowest BCUT2D eigenvalue weighted by atomic mass is 9.74. The van der Waals surface area contributed by atoms with E-state index in [1.165, 1.54) is 0 Å². The zero-order chi connectivity index (χ0) is 10.9. The average molecular weight is 186 g/mol. The van der Waals surface area contributed by atoms with Crippen LogP contribution in [0.1, 0.15) is 41.0 Å². The third-order valence-electron chi connectivity index (χ3n) is 2.12. The predicted molar refractivity (Wildman–Crippen MR) is 55.0 cm³/mol. The molecule has 1 unspecified atom stereocenters. The Morgan fingerprint density at radius 1 is 1.23 bits per heavy atom. The third kappa shape index (κ3) is 4.88. The summed E-state index contributed by atoms with van der Waals surface area (Å²) in [5, 5.41) is 0. The number of rotatable bonds is 3. The molecule has 0 rings (SSSR count). The molecule has 0 radical (unpaired) electrons. The van der Waals surface area contributed by atoms with Gasteiger partial charge in [0.15, 0.2) is 0 Å². The molecule has 78 valence electrons. The van der Waals surface area contributed by atoms with Gasteiger partial charge in [0.05, 0.1) is 0 Å². The molecule has 0 aromatic rings. The van der Waals surface area contributed by atoms with Gasteiger partial charge in [-0.2, -0.15) is 0 Å². The van der Waals surface area contributed by atoms with E-state index in [1.54, 1.807) is 0 Å². The Kier molecular flexibility index (Phi) is 3.50. The first-order valence-electron chi connectivity index (χ1n) is 4.62. The van der Waals surface area contributed by atoms with E-state index >= 15 is 0 Å². The van der Waals surface area contributed by atoms with Crippen LogP contribution in [0.15, 0.2) is 0 Å². The smallest absolute Gasteiger partial charge is 0.221 e. The van der Waals surface area contributed by atoms with Crippen LogP contribution in [0.4, 0.5) is 0 Å². The third-order valence-corrected chi connectivity index (χ3v) is 2.12. The Morgan fingerprint density at radius 3 is 1.69 bits per heavy atom. The summed E-state index contributed by atoms with van der Waals surface area (Å²) >= 11 is 0. The molecule has 0 saturated heterocycles. The summed E-state index contributed by atoms with van der Waals surface area (Å²) < 4.78 is 0. The molecule has 13 heavy (non-hydrogen) atoms. The van der Waals surface area contributed by atoms with E-state index in [4.69, 9.17) is 11.5 Å². The van der Waals surface area contributed by atoms with Gasteiger partial charge >= 0.3 is 0 Å². The highest BCUT2D eigenvalue weighted by molar-refractivity contribution is 5.77. The Morgan fingerprint density at radius 2 is 1.62 bits per heavy atom. The highest BCUT2D eigenvalue weighted by Gasteiger charge is 2.33. The fourth-order valence-corrected chi connectivity index (χ4v) is 1.36. The molecule has 4 N–H and O–H groups in total. The number of hydrogen-bond donors (Lipinski definition) is 2. The van der Waals surface area contributed by atoms with Crippen LogP contribution in [0, 0.1) is 11.3 Å². The SMILES string of the molecule is CC(C)(N)CC(C(N)=O)C(C)(C)C. The number of hydrogen-bond acceptors (Lipinski definition) is 2. The zero-order valence-electron chi connectivity index (χ0n) is 9.35. The van der Waals surface area contributed by atoms with Gasteiger partial charge in [0.25, 0.3) is 0 Å². The maximum Gasteiger partial charge on any atom is 0.221 e. The van der Waals surface area contributed by atoms with Crippen molar-refractivity contribution in [3.05, 3.63) is 0 Å². The molecule has 0 aliphatic heterocycles. The van der Waals surface area contributed by atoms with E-state index in [0.717, 1.165) is 0 Å². The first-order valence-corrected chi connectivity index (χ1v) is 4.62. The van der Waals surface area contributed by atoms with Crippen molar-refractivity contribution in [3.8, 4) is 0 Å². The van der Waals surface area contributed by atoms with E-state index in [2.05, 4.69) is 0 Å². The normalized spacial score (nSPS) is 15.5. The summed E-state index contributed by atoms with van der Waals surface area (Å²) in [6.45, 7) is 9.85. The Balaban J connectivity index is 4.56. The summed E-state index contributed by atoms with van der Waals surface area (Å²) in [6.07, 6.45) is 0.631. The molecule has 0 aromatic heterocycles. The van der Waals surface area contributed by atoms with Crippen molar-refractivity contribution >= 4 is 5.91 Å². The molecular formula is C10H22N2O. The van der Waals surface area contributed by atoms with E-state index < -0.39 is 0 Å². The number of primary amides is 1. The van der Waals surface area contributed by atoms with Crippen molar-refractivity contribution in [3.63, 3.8) is 0 Å². The lowest BCUT2D eigenvalue weighted by molar-refractivity contribution is -0.125. The van der Waals surface area contributed by atoms with Crippen LogP contribution in [0.2, 0.25) is 0 Å². The Hall–Kier alpha value is -0.570. The number of carbonyl (C=O) groups excluding carboxylic acids is 1. The number of amides is 1. The van der Waals surface area contributed by atoms with Crippen molar-refractivity contribution in [2.24, 2.45) is 22.8 Å². The fourth-order valence-electron chi connectivity index (χ4n) is 1.36. The van der Waals surface area contributed by atoms with Gasteiger partial charge in [0, 0.05) is 11.5 Å². The van der Waals surface area contributed by atoms with Crippen molar-refractivity contribution in [2.75, 3.05) is 0 Å². The predicted octanol–water partition coefficient (Wildman–Crippen LogP) is 1.26. The largest absolute Gasteiger partial charge is 0.369 e. The molecule has 3 nitrogen and oxygen atoms in total. The zero-order valence-corrected chi connectivity index (χ0v) is 9.35. The van der Waals surface area contributed by atoms with Gasteiger partial charge in [-0.15, -0.1) is 0 Å². The summed E-state index contributed by atoms with van der Waals surface area (Å²) in [5.74, 6) is -0.418. The van der Waals surface area contributed by atoms with Gasteiger partial charge in [0.1, 0.15) is 0 Å². The van der Waals surface area contributed by atoms with E-state index in [-0.39, 0.29) is 22.8 Å². The summed E-state index contributed by atoms with van der Waals surface area (Å²) in [7, 11) is 0. The first-order chi connectivity index (χ1) is 5.54. The van der Waals surface area contributed by atoms with Crippen molar-refractivity contribution < 1.29 is 4.79 Å². The summed E-state index contributed by atoms with van der Waals surface area (Å²) in [6, 6.07) is 0. The molecule has 0 heterocycles. The highest BCUT2D eigenvalue weighted by Crippen LogP contribution is 2.31. The summed E-state index contributed by atoms with van der Waals surface area (Å²) in [5.41, 5.74) is 10.7. The van der Waals surface area contributed by atoms with Crippen LogP contribution in [0.3, 0.4) is 0 Å². The monoisotopic (exact) mass is 186 g/mol. The highest BCUT2D eigenvalue weighted by atomic mass is 16.1. The molecule has 0 aromatic carbocycles. The fraction of sp³-hybridized carbons (Fsp3) is 0.900. The van der Waals surface area contributed by atoms with Crippen LogP contribution in [-0.2, 0) is 4.79 Å². The maximum absolute atomic E-state index is 11.2. The van der Waals surface area contributed by atoms with Crippen LogP contribution in [0.5, 0.6) is 0 Å². The van der Waals surface area contributed by atoms with Gasteiger partial charge in [-0.05, 0) is 25.7 Å². The molecule has 1 atom stereocenters. The van der Waals surface area contributed by atoms with Crippen LogP contribution in [-0.4, -0.2) is 11.4 Å². The first kappa shape index (κ1) is 12.4. The van der Waals surface area contributed by atoms with Gasteiger partial charge in [-0.25, -0.2) is 0 Å². The van der Waals surface area contributed by atoms with Crippen molar-refractivity contribution in [1.29, 1.82) is 0 Å². The lowest BCUT2D eigenvalue weighted by Crippen LogP contribution is -2.43. The van der Waals surface area contributed by atoms with Crippen molar-refractivity contribution in [1.82, 2.24) is 0 Å². The standard InChI is InChI=1S/C10H22N2O/c1-9(2,3)7(8(11)13)6-10(4,5)12/h7H,6,12H2,1-5H3,(H2,11,13). The molecular weight excluding hydrogens is 164 g/mol. The van der Waals surface area contributed by atoms with Gasteiger partial charge in [0.2, 0.25) is 5.91 Å². The summed E-state index contributed by atoms with van der Waals surface area (Å²) in [4.78, 5) is 11.2. The molecule has 0 bridgehead atoms. The van der Waals surface area contributed by atoms with Crippen molar-refractivity contribution in [2.45, 2.75) is 46.6 Å². The van der Waals surface area contributed by atoms with E-state index in [9.17, 15) is 4.79 Å². The molecule has 1 amide bonds. The minimum atomic E-state index is -0.340. The lowest BCUT2D eigenvalue weighted by Gasteiger charge is -2.33. The minimum Gasteiger partial charge on any atom is -0.369 e. The van der Waals surface area contributed by atoms with Crippen LogP contribution < -0.4 is 11.5 Å². The molecule has 0 saturated carbocycles. The van der Waals surface area contributed by atoms with E-state index in [0.29, 0.717) is 6.42 Å². The van der Waals surface area contributed by atoms with Gasteiger partial charge in [-0.3, -0.25) is 4.79 Å². The topological polar surface area (TPSA) is 69.1 Å². The molecule has 0 fully saturated rings. The van der Waals surface area contributed by atoms with E-state index in [1.807, 2.05) is 34.6 Å². The quantitative estimate of drug-likeness (QED) is 0.696. The maximum atomic E-state index is 11.2. The second kappa shape index (κ2) is 3.66. The second-order valence-electron chi connectivity index (χ2n) is 5.51. The molecule has 0 aliphatic rings. The van der Waals surface area contributed by atoms with Crippen LogP contribution in [0.25, 0.3) is 0 Å². The Labute approximate surface area is 80.9 Å². The average Bonchev–Trinajstić information content (AvgIpc) is 1.77. The minimum absolute atomic E-state index is 0.109. The number of carbonyl (C=O) groups is 1.